The van der Waals surface area contributed by atoms with Crippen LogP contribution in [0.25, 0.3) is 0 Å². The highest BCUT2D eigenvalue weighted by molar-refractivity contribution is 5.50. The minimum absolute atomic E-state index is 0.0234. The topological polar surface area (TPSA) is 93.0 Å². The van der Waals surface area contributed by atoms with Crippen LogP contribution in [0.3, 0.4) is 0 Å². The summed E-state index contributed by atoms with van der Waals surface area (Å²) in [5.74, 6) is 0.0772. The lowest BCUT2D eigenvalue weighted by molar-refractivity contribution is -0.140. The van der Waals surface area contributed by atoms with Gasteiger partial charge in [0.25, 0.3) is 0 Å². The summed E-state index contributed by atoms with van der Waals surface area (Å²) in [6.07, 6.45) is -5.06. The van der Waals surface area contributed by atoms with Crippen molar-refractivity contribution < 1.29 is 28.5 Å². The van der Waals surface area contributed by atoms with Crippen molar-refractivity contribution in [1.82, 2.24) is 14.9 Å². The summed E-state index contributed by atoms with van der Waals surface area (Å²) in [5.41, 5.74) is -0.960. The zero-order chi connectivity index (χ0) is 19.1. The summed E-state index contributed by atoms with van der Waals surface area (Å²) in [4.78, 5) is 10.6. The number of nitrogens with zero attached hydrogens (tertiary/aromatic N) is 4. The van der Waals surface area contributed by atoms with E-state index in [-0.39, 0.29) is 24.2 Å². The minimum Gasteiger partial charge on any atom is -0.389 e. The molecule has 1 aromatic heterocycles. The van der Waals surface area contributed by atoms with Crippen LogP contribution in [0.15, 0.2) is 12.5 Å². The summed E-state index contributed by atoms with van der Waals surface area (Å²) in [7, 11) is 0. The van der Waals surface area contributed by atoms with Gasteiger partial charge in [-0.25, -0.2) is 9.97 Å². The van der Waals surface area contributed by atoms with Crippen LogP contribution >= 0.6 is 0 Å². The van der Waals surface area contributed by atoms with E-state index in [2.05, 4.69) is 9.97 Å². The number of piperidine rings is 1. The summed E-state index contributed by atoms with van der Waals surface area (Å²) in [6, 6.07) is -0.340. The molecule has 0 amide bonds. The van der Waals surface area contributed by atoms with Crippen LogP contribution in [0.1, 0.15) is 19.0 Å². The molecule has 3 N–H and O–H groups in total. The van der Waals surface area contributed by atoms with Crippen LogP contribution in [0.5, 0.6) is 0 Å². The van der Waals surface area contributed by atoms with E-state index in [9.17, 15) is 28.5 Å². The molecule has 26 heavy (non-hydrogen) atoms. The van der Waals surface area contributed by atoms with E-state index >= 15 is 0 Å². The molecule has 0 radical (unpaired) electrons. The molecular formula is C16H23F3N4O3. The van der Waals surface area contributed by atoms with Crippen LogP contribution in [0, 0.1) is 5.92 Å². The number of aromatic nitrogens is 2. The number of hydrogen-bond acceptors (Lipinski definition) is 7. The van der Waals surface area contributed by atoms with Crippen LogP contribution in [0.4, 0.5) is 18.9 Å². The minimum atomic E-state index is -4.54. The Labute approximate surface area is 149 Å². The van der Waals surface area contributed by atoms with Gasteiger partial charge in [-0.05, 0) is 19.3 Å². The highest BCUT2D eigenvalue weighted by Gasteiger charge is 2.41. The van der Waals surface area contributed by atoms with Crippen molar-refractivity contribution in [3.05, 3.63) is 18.2 Å². The first-order chi connectivity index (χ1) is 12.2. The maximum absolute atomic E-state index is 13.1. The molecule has 5 atom stereocenters. The first kappa shape index (κ1) is 19.3. The molecule has 10 heteroatoms. The van der Waals surface area contributed by atoms with E-state index in [1.165, 1.54) is 6.20 Å². The van der Waals surface area contributed by atoms with E-state index in [1.807, 2.05) is 4.90 Å². The lowest BCUT2D eigenvalue weighted by Gasteiger charge is -2.43. The normalized spacial score (nSPS) is 33.7. The van der Waals surface area contributed by atoms with Gasteiger partial charge in [0.2, 0.25) is 0 Å². The molecule has 2 aliphatic heterocycles. The van der Waals surface area contributed by atoms with Crippen LogP contribution in [-0.4, -0.2) is 80.7 Å². The average Bonchev–Trinajstić information content (AvgIpc) is 3.05. The zero-order valence-electron chi connectivity index (χ0n) is 14.3. The molecule has 0 unspecified atom stereocenters. The summed E-state index contributed by atoms with van der Waals surface area (Å²) in [5, 5.41) is 29.6. The van der Waals surface area contributed by atoms with Gasteiger partial charge >= 0.3 is 6.18 Å². The number of likely N-dealkylation sites (tertiary alicyclic amines) is 1. The third kappa shape index (κ3) is 3.78. The smallest absolute Gasteiger partial charge is 0.389 e. The van der Waals surface area contributed by atoms with Crippen molar-refractivity contribution in [2.24, 2.45) is 5.92 Å². The van der Waals surface area contributed by atoms with Crippen molar-refractivity contribution in [3.8, 4) is 0 Å². The van der Waals surface area contributed by atoms with Crippen molar-refractivity contribution >= 4 is 5.69 Å². The number of rotatable bonds is 3. The molecule has 146 valence electrons. The van der Waals surface area contributed by atoms with Gasteiger partial charge in [-0.15, -0.1) is 0 Å². The van der Waals surface area contributed by atoms with Gasteiger partial charge in [0.1, 0.15) is 12.4 Å². The van der Waals surface area contributed by atoms with E-state index in [4.69, 9.17) is 0 Å². The molecule has 2 fully saturated rings. The number of alkyl halides is 3. The SMILES string of the molecule is C[C@@H]1[C@@H](O)[C@H](O)[C@@H](O)CN1C[C@@H]1CCN(c2cncnc2C(F)(F)F)C1. The molecule has 0 bridgehead atoms. The fourth-order valence-electron chi connectivity index (χ4n) is 3.79. The first-order valence-corrected chi connectivity index (χ1v) is 8.59. The Morgan fingerprint density at radius 1 is 1.19 bits per heavy atom. The van der Waals surface area contributed by atoms with Crippen molar-refractivity contribution in [1.29, 1.82) is 0 Å². The molecule has 2 aliphatic rings. The molecule has 0 aliphatic carbocycles. The third-order valence-electron chi connectivity index (χ3n) is 5.32. The standard InChI is InChI=1S/C16H23F3N4O3/c1-9-13(25)14(26)12(24)7-23(9)6-10-2-3-22(5-10)11-4-20-8-21-15(11)16(17,18)19/h4,8-10,12-14,24-26H,2-3,5-7H2,1H3/t9-,10-,12+,13-,14-/m1/s1. The molecular weight excluding hydrogens is 353 g/mol. The molecule has 2 saturated heterocycles. The quantitative estimate of drug-likeness (QED) is 0.689. The van der Waals surface area contributed by atoms with Gasteiger partial charge in [-0.3, -0.25) is 4.90 Å². The van der Waals surface area contributed by atoms with Crippen LogP contribution in [0.2, 0.25) is 0 Å². The molecule has 0 aromatic carbocycles. The second kappa shape index (κ2) is 7.26. The van der Waals surface area contributed by atoms with Crippen LogP contribution < -0.4 is 4.90 Å². The van der Waals surface area contributed by atoms with E-state index < -0.39 is 30.2 Å². The van der Waals surface area contributed by atoms with Gasteiger partial charge in [-0.1, -0.05) is 0 Å². The largest absolute Gasteiger partial charge is 0.435 e. The predicted molar refractivity (Wildman–Crippen MR) is 86.4 cm³/mol. The maximum atomic E-state index is 13.1. The highest BCUT2D eigenvalue weighted by Crippen LogP contribution is 2.36. The number of aliphatic hydroxyl groups excluding tert-OH is 3. The summed E-state index contributed by atoms with van der Waals surface area (Å²) >= 11 is 0. The second-order valence-corrected chi connectivity index (χ2v) is 7.10. The predicted octanol–water partition coefficient (Wildman–Crippen LogP) is 0.108. The van der Waals surface area contributed by atoms with Gasteiger partial charge in [0.15, 0.2) is 5.69 Å². The third-order valence-corrected chi connectivity index (χ3v) is 5.32. The van der Waals surface area contributed by atoms with Crippen molar-refractivity contribution in [2.45, 2.75) is 43.9 Å². The lowest BCUT2D eigenvalue weighted by atomic mass is 9.93. The fourth-order valence-corrected chi connectivity index (χ4v) is 3.79. The number of halogens is 3. The van der Waals surface area contributed by atoms with E-state index in [1.54, 1.807) is 11.8 Å². The zero-order valence-corrected chi connectivity index (χ0v) is 14.3. The number of β-amino-alcohol motifs (C(OH)–C–C–N with tert-alkyl or cyclic N) is 1. The Hall–Kier alpha value is -1.49. The van der Waals surface area contributed by atoms with Gasteiger partial charge < -0.3 is 20.2 Å². The van der Waals surface area contributed by atoms with Crippen LogP contribution in [-0.2, 0) is 6.18 Å². The monoisotopic (exact) mass is 376 g/mol. The highest BCUT2D eigenvalue weighted by atomic mass is 19.4. The molecule has 0 spiro atoms. The van der Waals surface area contributed by atoms with Gasteiger partial charge in [0.05, 0.1) is 24.1 Å². The summed E-state index contributed by atoms with van der Waals surface area (Å²) < 4.78 is 39.4. The van der Waals surface area contributed by atoms with Crippen molar-refractivity contribution in [3.63, 3.8) is 0 Å². The molecule has 1 aromatic rings. The summed E-state index contributed by atoms with van der Waals surface area (Å²) in [6.45, 7) is 3.37. The fraction of sp³-hybridized carbons (Fsp3) is 0.750. The van der Waals surface area contributed by atoms with Crippen molar-refractivity contribution in [2.75, 3.05) is 31.1 Å². The maximum Gasteiger partial charge on any atom is 0.435 e. The molecule has 7 nitrogen and oxygen atoms in total. The number of aliphatic hydroxyl groups is 3. The Morgan fingerprint density at radius 2 is 1.92 bits per heavy atom. The molecule has 3 rings (SSSR count). The second-order valence-electron chi connectivity index (χ2n) is 7.10. The Kier molecular flexibility index (Phi) is 5.38. The van der Waals surface area contributed by atoms with Gasteiger partial charge in [-0.2, -0.15) is 13.2 Å². The first-order valence-electron chi connectivity index (χ1n) is 8.59. The number of hydrogen-bond donors (Lipinski definition) is 3. The van der Waals surface area contributed by atoms with E-state index in [0.717, 1.165) is 6.33 Å². The molecule has 0 saturated carbocycles. The Balaban J connectivity index is 1.67. The van der Waals surface area contributed by atoms with E-state index in [0.29, 0.717) is 26.1 Å². The lowest BCUT2D eigenvalue weighted by Crippen LogP contribution is -2.60. The number of anilines is 1. The Bertz CT molecular complexity index is 633. The van der Waals surface area contributed by atoms with Gasteiger partial charge in [0, 0.05) is 32.2 Å². The average molecular weight is 376 g/mol. The Morgan fingerprint density at radius 3 is 2.62 bits per heavy atom. The molecule has 3 heterocycles.